The maximum Gasteiger partial charge on any atom is 0.268 e. The molecule has 8 heteroatoms. The first-order valence-corrected chi connectivity index (χ1v) is 9.34. The molecule has 3 aromatic rings. The van der Waals surface area contributed by atoms with Crippen LogP contribution in [0.1, 0.15) is 33.2 Å². The van der Waals surface area contributed by atoms with E-state index in [-0.39, 0.29) is 13.2 Å². The Morgan fingerprint density at radius 1 is 1.14 bits per heavy atom. The van der Waals surface area contributed by atoms with Crippen molar-refractivity contribution >= 4 is 17.7 Å². The number of aliphatic hydroxyl groups is 1. The van der Waals surface area contributed by atoms with E-state index in [9.17, 15) is 9.90 Å². The van der Waals surface area contributed by atoms with Crippen LogP contribution in [0.3, 0.4) is 0 Å². The second-order valence-electron chi connectivity index (χ2n) is 6.27. The van der Waals surface area contributed by atoms with Gasteiger partial charge in [-0.25, -0.2) is 14.4 Å². The molecule has 0 spiro atoms. The molecule has 0 aliphatic rings. The third-order valence-corrected chi connectivity index (χ3v) is 4.68. The fourth-order valence-corrected chi connectivity index (χ4v) is 3.04. The summed E-state index contributed by atoms with van der Waals surface area (Å²) in [5.41, 5.74) is 8.15. The molecule has 150 valence electrons. The SMILES string of the molecule is NCc1cc(OCc2cccc(C(=O)N(Cl)[C@@H](CO)c3ccccc3)c2)ncn1. The van der Waals surface area contributed by atoms with Crippen LogP contribution >= 0.6 is 11.8 Å². The molecule has 1 heterocycles. The van der Waals surface area contributed by atoms with Gasteiger partial charge in [-0.3, -0.25) is 4.79 Å². The van der Waals surface area contributed by atoms with E-state index in [2.05, 4.69) is 9.97 Å². The van der Waals surface area contributed by atoms with E-state index in [1.54, 1.807) is 24.3 Å². The van der Waals surface area contributed by atoms with Crippen molar-refractivity contribution < 1.29 is 14.6 Å². The highest BCUT2D eigenvalue weighted by Crippen LogP contribution is 2.25. The Hall–Kier alpha value is -3.00. The standard InChI is InChI=1S/C21H21ClN4O3/c22-26(19(12-27)16-6-2-1-3-7-16)21(28)17-8-4-5-15(9-17)13-29-20-10-18(11-23)24-14-25-20/h1-10,14,19,27H,11-13,23H2/t19-/m0/s1. The van der Waals surface area contributed by atoms with E-state index in [4.69, 9.17) is 22.2 Å². The second kappa shape index (κ2) is 9.97. The highest BCUT2D eigenvalue weighted by Gasteiger charge is 2.24. The van der Waals surface area contributed by atoms with E-state index in [1.165, 1.54) is 6.33 Å². The fraction of sp³-hybridized carbons (Fsp3) is 0.190. The zero-order chi connectivity index (χ0) is 20.6. The number of nitrogens with zero attached hydrogens (tertiary/aromatic N) is 3. The largest absolute Gasteiger partial charge is 0.473 e. The predicted octanol–water partition coefficient (Wildman–Crippen LogP) is 2.84. The maximum atomic E-state index is 12.8. The van der Waals surface area contributed by atoms with Gasteiger partial charge in [0.1, 0.15) is 12.9 Å². The number of hydrogen-bond acceptors (Lipinski definition) is 6. The molecule has 0 unspecified atom stereocenters. The zero-order valence-corrected chi connectivity index (χ0v) is 16.4. The van der Waals surface area contributed by atoms with E-state index < -0.39 is 11.9 Å². The molecule has 1 aromatic heterocycles. The molecule has 0 fully saturated rings. The number of amides is 1. The highest BCUT2D eigenvalue weighted by atomic mass is 35.5. The number of halogens is 1. The zero-order valence-electron chi connectivity index (χ0n) is 15.6. The van der Waals surface area contributed by atoms with Crippen LogP contribution < -0.4 is 10.5 Å². The minimum absolute atomic E-state index is 0.215. The molecule has 0 aliphatic heterocycles. The Morgan fingerprint density at radius 2 is 1.93 bits per heavy atom. The molecule has 7 nitrogen and oxygen atoms in total. The number of nitrogens with two attached hydrogens (primary N) is 1. The first-order valence-electron chi connectivity index (χ1n) is 9.00. The molecule has 0 radical (unpaired) electrons. The third-order valence-electron chi connectivity index (χ3n) is 4.29. The first kappa shape index (κ1) is 20.7. The predicted molar refractivity (Wildman–Crippen MR) is 109 cm³/mol. The van der Waals surface area contributed by atoms with E-state index in [0.29, 0.717) is 23.7 Å². The molecule has 0 bridgehead atoms. The molecule has 3 N–H and O–H groups in total. The summed E-state index contributed by atoms with van der Waals surface area (Å²) in [6.07, 6.45) is 1.39. The van der Waals surface area contributed by atoms with Crippen molar-refractivity contribution in [2.24, 2.45) is 5.73 Å². The number of aliphatic hydroxyl groups excluding tert-OH is 1. The minimum Gasteiger partial charge on any atom is -0.473 e. The molecular weight excluding hydrogens is 392 g/mol. The average molecular weight is 413 g/mol. The van der Waals surface area contributed by atoms with Gasteiger partial charge >= 0.3 is 0 Å². The van der Waals surface area contributed by atoms with Crippen LogP contribution in [0.15, 0.2) is 67.0 Å². The van der Waals surface area contributed by atoms with Crippen LogP contribution in [0.25, 0.3) is 0 Å². The van der Waals surface area contributed by atoms with Gasteiger partial charge < -0.3 is 15.6 Å². The normalized spacial score (nSPS) is 11.7. The van der Waals surface area contributed by atoms with Crippen LogP contribution in [-0.2, 0) is 13.2 Å². The quantitative estimate of drug-likeness (QED) is 0.551. The second-order valence-corrected chi connectivity index (χ2v) is 6.63. The highest BCUT2D eigenvalue weighted by molar-refractivity contribution is 6.24. The van der Waals surface area contributed by atoms with Gasteiger partial charge in [-0.1, -0.05) is 42.5 Å². The summed E-state index contributed by atoms with van der Waals surface area (Å²) in [6, 6.07) is 17.1. The lowest BCUT2D eigenvalue weighted by Crippen LogP contribution is -2.29. The lowest BCUT2D eigenvalue weighted by atomic mass is 10.1. The van der Waals surface area contributed by atoms with Gasteiger partial charge in [0.2, 0.25) is 5.88 Å². The number of benzene rings is 2. The summed E-state index contributed by atoms with van der Waals surface area (Å²) in [5, 5.41) is 9.73. The van der Waals surface area contributed by atoms with Crippen molar-refractivity contribution in [3.63, 3.8) is 0 Å². The fourth-order valence-electron chi connectivity index (χ4n) is 2.77. The van der Waals surface area contributed by atoms with Crippen LogP contribution in [0.2, 0.25) is 0 Å². The Balaban J connectivity index is 1.71. The molecule has 0 aliphatic carbocycles. The monoisotopic (exact) mass is 412 g/mol. The summed E-state index contributed by atoms with van der Waals surface area (Å²) in [7, 11) is 0. The average Bonchev–Trinajstić information content (AvgIpc) is 2.78. The summed E-state index contributed by atoms with van der Waals surface area (Å²) in [4.78, 5) is 20.9. The minimum atomic E-state index is -0.652. The van der Waals surface area contributed by atoms with Crippen molar-refractivity contribution in [3.05, 3.63) is 89.4 Å². The van der Waals surface area contributed by atoms with Gasteiger partial charge in [0, 0.05) is 30.0 Å². The number of rotatable bonds is 8. The Morgan fingerprint density at radius 3 is 2.66 bits per heavy atom. The molecule has 2 aromatic carbocycles. The first-order chi connectivity index (χ1) is 14.1. The van der Waals surface area contributed by atoms with Crippen LogP contribution in [-0.4, -0.2) is 32.0 Å². The van der Waals surface area contributed by atoms with Gasteiger partial charge in [-0.2, -0.15) is 0 Å². The van der Waals surface area contributed by atoms with Crippen molar-refractivity contribution in [2.75, 3.05) is 6.61 Å². The number of carbonyl (C=O) groups excluding carboxylic acids is 1. The third kappa shape index (κ3) is 5.29. The van der Waals surface area contributed by atoms with Crippen LogP contribution in [0, 0.1) is 0 Å². The van der Waals surface area contributed by atoms with Gasteiger partial charge in [-0.15, -0.1) is 0 Å². The Bertz CT molecular complexity index is 955. The Labute approximate surface area is 173 Å². The number of hydrogen-bond donors (Lipinski definition) is 2. The number of carbonyl (C=O) groups is 1. The van der Waals surface area contributed by atoms with Crippen molar-refractivity contribution in [1.29, 1.82) is 0 Å². The molecule has 0 saturated carbocycles. The number of ether oxygens (including phenoxy) is 1. The summed E-state index contributed by atoms with van der Waals surface area (Å²) < 4.78 is 6.68. The van der Waals surface area contributed by atoms with Crippen LogP contribution in [0.4, 0.5) is 0 Å². The molecule has 1 atom stereocenters. The lowest BCUT2D eigenvalue weighted by molar-refractivity contribution is 0.0775. The molecular formula is C21H21ClN4O3. The van der Waals surface area contributed by atoms with Gasteiger partial charge in [-0.05, 0) is 23.3 Å². The molecule has 1 amide bonds. The topological polar surface area (TPSA) is 102 Å². The van der Waals surface area contributed by atoms with E-state index in [0.717, 1.165) is 15.5 Å². The smallest absolute Gasteiger partial charge is 0.268 e. The molecule has 3 rings (SSSR count). The number of aromatic nitrogens is 2. The van der Waals surface area contributed by atoms with Gasteiger partial charge in [0.15, 0.2) is 0 Å². The maximum absolute atomic E-state index is 12.8. The van der Waals surface area contributed by atoms with Crippen molar-refractivity contribution in [2.45, 2.75) is 19.2 Å². The van der Waals surface area contributed by atoms with Crippen molar-refractivity contribution in [3.8, 4) is 5.88 Å². The summed E-state index contributed by atoms with van der Waals surface area (Å²) in [5.74, 6) is -0.00977. The van der Waals surface area contributed by atoms with Crippen LogP contribution in [0.5, 0.6) is 5.88 Å². The summed E-state index contributed by atoms with van der Waals surface area (Å²) in [6.45, 7) is 0.216. The van der Waals surface area contributed by atoms with Gasteiger partial charge in [0.25, 0.3) is 5.91 Å². The Kier molecular flexibility index (Phi) is 7.13. The van der Waals surface area contributed by atoms with Crippen molar-refractivity contribution in [1.82, 2.24) is 14.4 Å². The van der Waals surface area contributed by atoms with E-state index in [1.807, 2.05) is 36.4 Å². The lowest BCUT2D eigenvalue weighted by Gasteiger charge is -2.24. The molecule has 29 heavy (non-hydrogen) atoms. The summed E-state index contributed by atoms with van der Waals surface area (Å²) >= 11 is 6.29. The van der Waals surface area contributed by atoms with E-state index >= 15 is 0 Å². The van der Waals surface area contributed by atoms with Gasteiger partial charge in [0.05, 0.1) is 18.3 Å². The molecule has 0 saturated heterocycles.